The largest absolute Gasteiger partial charge is 0.477 e. The minimum atomic E-state index is -1.19. The second kappa shape index (κ2) is 5.44. The Labute approximate surface area is 93.8 Å². The average Bonchev–Trinajstić information content (AvgIpc) is 2.22. The van der Waals surface area contributed by atoms with Crippen LogP contribution in [0.25, 0.3) is 0 Å². The molecule has 5 nitrogen and oxygen atoms in total. The third-order valence-corrected chi connectivity index (χ3v) is 2.28. The molecule has 1 rings (SSSR count). The first-order valence-electron chi connectivity index (χ1n) is 5.43. The van der Waals surface area contributed by atoms with E-state index >= 15 is 0 Å². The Morgan fingerprint density at radius 3 is 2.62 bits per heavy atom. The van der Waals surface area contributed by atoms with E-state index in [4.69, 9.17) is 5.11 Å². The maximum atomic E-state index is 11.8. The molecule has 1 N–H and O–H groups in total. The number of rotatable bonds is 5. The zero-order chi connectivity index (χ0) is 12.1. The lowest BCUT2D eigenvalue weighted by atomic mass is 10.1. The zero-order valence-electron chi connectivity index (χ0n) is 9.56. The van der Waals surface area contributed by atoms with Crippen LogP contribution >= 0.6 is 0 Å². The first kappa shape index (κ1) is 12.4. The smallest absolute Gasteiger partial charge is 0.343 e. The van der Waals surface area contributed by atoms with Gasteiger partial charge in [0.15, 0.2) is 0 Å². The number of carboxylic acid groups (broad SMARTS) is 1. The summed E-state index contributed by atoms with van der Waals surface area (Å²) in [6.45, 7) is 4.34. The number of carbonyl (C=O) groups is 1. The minimum absolute atomic E-state index is 0.183. The molecule has 5 heteroatoms. The van der Waals surface area contributed by atoms with E-state index in [0.717, 1.165) is 12.8 Å². The summed E-state index contributed by atoms with van der Waals surface area (Å²) in [6, 6.07) is 0. The number of carboxylic acids is 1. The minimum Gasteiger partial charge on any atom is -0.477 e. The highest BCUT2D eigenvalue weighted by atomic mass is 16.4. The van der Waals surface area contributed by atoms with Gasteiger partial charge in [0.1, 0.15) is 5.56 Å². The molecular formula is C11H16N2O3. The normalized spacial score (nSPS) is 10.4. The van der Waals surface area contributed by atoms with E-state index in [1.807, 2.05) is 13.8 Å². The molecule has 0 unspecified atom stereocenters. The molecule has 0 amide bonds. The summed E-state index contributed by atoms with van der Waals surface area (Å²) in [6.07, 6.45) is 3.49. The fourth-order valence-electron chi connectivity index (χ4n) is 1.56. The van der Waals surface area contributed by atoms with Crippen molar-refractivity contribution in [1.82, 2.24) is 9.55 Å². The predicted molar refractivity (Wildman–Crippen MR) is 59.7 cm³/mol. The molecule has 0 aliphatic rings. The second-order valence-corrected chi connectivity index (χ2v) is 3.62. The molecule has 0 saturated carbocycles. The van der Waals surface area contributed by atoms with Crippen LogP contribution in [-0.4, -0.2) is 20.6 Å². The van der Waals surface area contributed by atoms with Crippen LogP contribution in [0.2, 0.25) is 0 Å². The molecule has 0 aromatic carbocycles. The Kier molecular flexibility index (Phi) is 4.22. The highest BCUT2D eigenvalue weighted by Gasteiger charge is 2.17. The van der Waals surface area contributed by atoms with Crippen LogP contribution in [0.4, 0.5) is 0 Å². The molecule has 0 fully saturated rings. The number of hydrogen-bond acceptors (Lipinski definition) is 3. The molecular weight excluding hydrogens is 208 g/mol. The lowest BCUT2D eigenvalue weighted by Crippen LogP contribution is -2.29. The van der Waals surface area contributed by atoms with Crippen LogP contribution in [0.3, 0.4) is 0 Å². The van der Waals surface area contributed by atoms with Crippen LogP contribution in [0, 0.1) is 0 Å². The molecule has 0 aliphatic carbocycles. The van der Waals surface area contributed by atoms with Crippen molar-refractivity contribution in [1.29, 1.82) is 0 Å². The molecule has 0 saturated heterocycles. The van der Waals surface area contributed by atoms with E-state index in [2.05, 4.69) is 4.98 Å². The molecule has 88 valence electrons. The molecule has 0 atom stereocenters. The number of hydrogen-bond donors (Lipinski definition) is 1. The molecule has 0 spiro atoms. The van der Waals surface area contributed by atoms with Gasteiger partial charge in [-0.15, -0.1) is 0 Å². The van der Waals surface area contributed by atoms with Gasteiger partial charge >= 0.3 is 5.97 Å². The maximum absolute atomic E-state index is 11.8. The molecule has 1 aromatic heterocycles. The van der Waals surface area contributed by atoms with Gasteiger partial charge in [-0.1, -0.05) is 20.3 Å². The Bertz CT molecular complexity index is 437. The predicted octanol–water partition coefficient (Wildman–Crippen LogP) is 1.30. The van der Waals surface area contributed by atoms with Gasteiger partial charge in [-0.25, -0.2) is 9.78 Å². The Morgan fingerprint density at radius 1 is 1.44 bits per heavy atom. The van der Waals surface area contributed by atoms with Crippen LogP contribution in [0.15, 0.2) is 11.1 Å². The molecule has 1 heterocycles. The quantitative estimate of drug-likeness (QED) is 0.818. The van der Waals surface area contributed by atoms with Crippen LogP contribution in [-0.2, 0) is 13.0 Å². The van der Waals surface area contributed by atoms with Crippen LogP contribution in [0.1, 0.15) is 42.7 Å². The first-order chi connectivity index (χ1) is 7.61. The fourth-order valence-corrected chi connectivity index (χ4v) is 1.56. The van der Waals surface area contributed by atoms with Gasteiger partial charge in [-0.2, -0.15) is 0 Å². The van der Waals surface area contributed by atoms with Gasteiger partial charge < -0.3 is 5.11 Å². The van der Waals surface area contributed by atoms with E-state index in [1.165, 1.54) is 10.9 Å². The highest BCUT2D eigenvalue weighted by Crippen LogP contribution is 2.03. The lowest BCUT2D eigenvalue weighted by Gasteiger charge is -2.07. The topological polar surface area (TPSA) is 72.2 Å². The summed E-state index contributed by atoms with van der Waals surface area (Å²) in [7, 11) is 0. The number of aryl methyl sites for hydroxylation is 2. The van der Waals surface area contributed by atoms with E-state index in [1.54, 1.807) is 0 Å². The van der Waals surface area contributed by atoms with Crippen molar-refractivity contribution in [3.05, 3.63) is 27.9 Å². The summed E-state index contributed by atoms with van der Waals surface area (Å²) in [5.41, 5.74) is -0.252. The average molecular weight is 224 g/mol. The number of aromatic nitrogens is 2. The summed E-state index contributed by atoms with van der Waals surface area (Å²) >= 11 is 0. The van der Waals surface area contributed by atoms with Gasteiger partial charge in [0.05, 0.1) is 12.0 Å². The van der Waals surface area contributed by atoms with Crippen molar-refractivity contribution in [2.75, 3.05) is 0 Å². The van der Waals surface area contributed by atoms with Crippen molar-refractivity contribution < 1.29 is 9.90 Å². The van der Waals surface area contributed by atoms with Crippen LogP contribution in [0.5, 0.6) is 0 Å². The third-order valence-electron chi connectivity index (χ3n) is 2.28. The third kappa shape index (κ3) is 2.48. The van der Waals surface area contributed by atoms with E-state index in [9.17, 15) is 9.59 Å². The van der Waals surface area contributed by atoms with Gasteiger partial charge in [0.2, 0.25) is 0 Å². The van der Waals surface area contributed by atoms with Crippen molar-refractivity contribution in [2.24, 2.45) is 0 Å². The van der Waals surface area contributed by atoms with Gasteiger partial charge in [-0.3, -0.25) is 9.36 Å². The van der Waals surface area contributed by atoms with Crippen molar-refractivity contribution in [3.8, 4) is 0 Å². The molecule has 0 radical (unpaired) electrons. The SMILES string of the molecule is CCCc1ncn(CCC)c(=O)c1C(=O)O. The lowest BCUT2D eigenvalue weighted by molar-refractivity contribution is 0.0692. The summed E-state index contributed by atoms with van der Waals surface area (Å²) in [5, 5.41) is 9.01. The first-order valence-corrected chi connectivity index (χ1v) is 5.43. The summed E-state index contributed by atoms with van der Waals surface area (Å²) < 4.78 is 1.35. The standard InChI is InChI=1S/C11H16N2O3/c1-3-5-8-9(11(15)16)10(14)13(6-4-2)7-12-8/h7H,3-6H2,1-2H3,(H,15,16). The second-order valence-electron chi connectivity index (χ2n) is 3.62. The maximum Gasteiger partial charge on any atom is 0.343 e. The van der Waals surface area contributed by atoms with Crippen molar-refractivity contribution in [3.63, 3.8) is 0 Å². The monoisotopic (exact) mass is 224 g/mol. The molecule has 0 aliphatic heterocycles. The summed E-state index contributed by atoms with van der Waals surface area (Å²) in [4.78, 5) is 26.9. The van der Waals surface area contributed by atoms with Crippen LogP contribution < -0.4 is 5.56 Å². The Morgan fingerprint density at radius 2 is 2.12 bits per heavy atom. The number of nitrogens with zero attached hydrogens (tertiary/aromatic N) is 2. The Hall–Kier alpha value is -1.65. The van der Waals surface area contributed by atoms with Crippen molar-refractivity contribution >= 4 is 5.97 Å². The van der Waals surface area contributed by atoms with E-state index in [-0.39, 0.29) is 5.56 Å². The molecule has 0 bridgehead atoms. The van der Waals surface area contributed by atoms with E-state index in [0.29, 0.717) is 18.7 Å². The zero-order valence-corrected chi connectivity index (χ0v) is 9.56. The van der Waals surface area contributed by atoms with E-state index < -0.39 is 11.5 Å². The van der Waals surface area contributed by atoms with Gasteiger partial charge in [-0.05, 0) is 12.8 Å². The molecule has 16 heavy (non-hydrogen) atoms. The fraction of sp³-hybridized carbons (Fsp3) is 0.545. The summed E-state index contributed by atoms with van der Waals surface area (Å²) in [5.74, 6) is -1.19. The van der Waals surface area contributed by atoms with Gasteiger partial charge in [0.25, 0.3) is 5.56 Å². The highest BCUT2D eigenvalue weighted by molar-refractivity contribution is 5.88. The number of aromatic carboxylic acids is 1. The van der Waals surface area contributed by atoms with Gasteiger partial charge in [0, 0.05) is 6.54 Å². The molecule has 1 aromatic rings. The van der Waals surface area contributed by atoms with Crippen molar-refractivity contribution in [2.45, 2.75) is 39.7 Å². The Balaban J connectivity index is 3.30.